The van der Waals surface area contributed by atoms with Crippen LogP contribution >= 0.6 is 23.2 Å². The van der Waals surface area contributed by atoms with Crippen molar-refractivity contribution in [3.8, 4) is 5.75 Å². The van der Waals surface area contributed by atoms with E-state index in [0.717, 1.165) is 38.0 Å². The number of nitrogens with zero attached hydrogens (tertiary/aromatic N) is 1. The van der Waals surface area contributed by atoms with Crippen molar-refractivity contribution in [1.82, 2.24) is 4.90 Å². The maximum Gasteiger partial charge on any atom is 0.142 e. The molecule has 0 saturated carbocycles. The molecule has 2 rings (SSSR count). The zero-order valence-electron chi connectivity index (χ0n) is 11.9. The van der Waals surface area contributed by atoms with Crippen molar-refractivity contribution in [3.05, 3.63) is 27.7 Å². The first kappa shape index (κ1) is 15.9. The number of likely N-dealkylation sites (tertiary alicyclic amines) is 1. The molecular formula is C15H21Cl2NO2. The molecule has 5 heteroatoms. The largest absolute Gasteiger partial charge is 0.495 e. The first-order chi connectivity index (χ1) is 9.51. The average molecular weight is 318 g/mol. The lowest BCUT2D eigenvalue weighted by molar-refractivity contribution is 0.0693. The van der Waals surface area contributed by atoms with Crippen LogP contribution in [-0.4, -0.2) is 36.3 Å². The molecule has 20 heavy (non-hydrogen) atoms. The van der Waals surface area contributed by atoms with Crippen LogP contribution in [0, 0.1) is 5.92 Å². The standard InChI is InChI=1S/C15H21Cl2NO2/c1-10(19)11-3-5-18(6-4-11)9-12-7-13(16)8-14(17)15(12)20-2/h7-8,10-11,19H,3-6,9H2,1-2H3. The quantitative estimate of drug-likeness (QED) is 0.921. The maximum absolute atomic E-state index is 9.63. The van der Waals surface area contributed by atoms with E-state index in [0.29, 0.717) is 21.7 Å². The molecule has 0 aliphatic carbocycles. The van der Waals surface area contributed by atoms with E-state index in [1.807, 2.05) is 13.0 Å². The molecule has 1 fully saturated rings. The number of aliphatic hydroxyl groups excluding tert-OH is 1. The van der Waals surface area contributed by atoms with Gasteiger partial charge in [-0.2, -0.15) is 0 Å². The van der Waals surface area contributed by atoms with E-state index in [9.17, 15) is 5.11 Å². The van der Waals surface area contributed by atoms with Crippen LogP contribution in [-0.2, 0) is 6.54 Å². The van der Waals surface area contributed by atoms with Gasteiger partial charge in [0.15, 0.2) is 0 Å². The zero-order valence-corrected chi connectivity index (χ0v) is 13.4. The van der Waals surface area contributed by atoms with Gasteiger partial charge in [-0.25, -0.2) is 0 Å². The summed E-state index contributed by atoms with van der Waals surface area (Å²) in [5, 5.41) is 10.8. The smallest absolute Gasteiger partial charge is 0.142 e. The summed E-state index contributed by atoms with van der Waals surface area (Å²) in [6.45, 7) is 4.60. The van der Waals surface area contributed by atoms with E-state index in [1.165, 1.54) is 0 Å². The van der Waals surface area contributed by atoms with Gasteiger partial charge in [-0.3, -0.25) is 4.90 Å². The number of benzene rings is 1. The first-order valence-corrected chi connectivity index (χ1v) is 7.69. The highest BCUT2D eigenvalue weighted by molar-refractivity contribution is 6.35. The predicted octanol–water partition coefficient (Wildman–Crippen LogP) is 3.59. The molecule has 1 heterocycles. The van der Waals surface area contributed by atoms with Gasteiger partial charge in [-0.05, 0) is 50.9 Å². The second-order valence-corrected chi connectivity index (χ2v) is 6.28. The van der Waals surface area contributed by atoms with Crippen molar-refractivity contribution in [1.29, 1.82) is 0 Å². The minimum absolute atomic E-state index is 0.215. The van der Waals surface area contributed by atoms with Gasteiger partial charge >= 0.3 is 0 Å². The number of aliphatic hydroxyl groups is 1. The van der Waals surface area contributed by atoms with E-state index in [-0.39, 0.29) is 6.10 Å². The fourth-order valence-electron chi connectivity index (χ4n) is 2.79. The van der Waals surface area contributed by atoms with Crippen molar-refractivity contribution < 1.29 is 9.84 Å². The topological polar surface area (TPSA) is 32.7 Å². The monoisotopic (exact) mass is 317 g/mol. The van der Waals surface area contributed by atoms with Gasteiger partial charge in [0, 0.05) is 17.1 Å². The average Bonchev–Trinajstić information content (AvgIpc) is 2.39. The van der Waals surface area contributed by atoms with E-state index in [4.69, 9.17) is 27.9 Å². The third-order valence-electron chi connectivity index (χ3n) is 4.00. The molecule has 0 spiro atoms. The number of rotatable bonds is 4. The van der Waals surface area contributed by atoms with Crippen molar-refractivity contribution >= 4 is 23.2 Å². The van der Waals surface area contributed by atoms with E-state index in [1.54, 1.807) is 13.2 Å². The minimum Gasteiger partial charge on any atom is -0.495 e. The highest BCUT2D eigenvalue weighted by atomic mass is 35.5. The third-order valence-corrected chi connectivity index (χ3v) is 4.50. The van der Waals surface area contributed by atoms with Crippen LogP contribution < -0.4 is 4.74 Å². The lowest BCUT2D eigenvalue weighted by Crippen LogP contribution is -2.36. The van der Waals surface area contributed by atoms with E-state index < -0.39 is 0 Å². The molecule has 1 unspecified atom stereocenters. The number of methoxy groups -OCH3 is 1. The second-order valence-electron chi connectivity index (χ2n) is 5.43. The molecular weight excluding hydrogens is 297 g/mol. The van der Waals surface area contributed by atoms with Crippen LogP contribution in [0.3, 0.4) is 0 Å². The van der Waals surface area contributed by atoms with Gasteiger partial charge in [-0.15, -0.1) is 0 Å². The molecule has 3 nitrogen and oxygen atoms in total. The fraction of sp³-hybridized carbons (Fsp3) is 0.600. The Morgan fingerprint density at radius 3 is 2.55 bits per heavy atom. The summed E-state index contributed by atoms with van der Waals surface area (Å²) in [6.07, 6.45) is 1.83. The molecule has 1 aliphatic rings. The van der Waals surface area contributed by atoms with Crippen molar-refractivity contribution in [2.24, 2.45) is 5.92 Å². The molecule has 1 atom stereocenters. The Hall–Kier alpha value is -0.480. The molecule has 0 amide bonds. The first-order valence-electron chi connectivity index (χ1n) is 6.93. The van der Waals surface area contributed by atoms with E-state index in [2.05, 4.69) is 4.90 Å². The summed E-state index contributed by atoms with van der Waals surface area (Å²) in [5.41, 5.74) is 1.01. The summed E-state index contributed by atoms with van der Waals surface area (Å²) in [4.78, 5) is 2.35. The number of halogens is 2. The molecule has 1 aromatic carbocycles. The Bertz CT molecular complexity index is 457. The normalized spacial score (nSPS) is 19.1. The van der Waals surface area contributed by atoms with Gasteiger partial charge in [0.25, 0.3) is 0 Å². The Labute approximate surface area is 130 Å². The summed E-state index contributed by atoms with van der Waals surface area (Å²) in [7, 11) is 1.62. The van der Waals surface area contributed by atoms with Crippen molar-refractivity contribution in [3.63, 3.8) is 0 Å². The van der Waals surface area contributed by atoms with Gasteiger partial charge in [0.1, 0.15) is 5.75 Å². The van der Waals surface area contributed by atoms with E-state index >= 15 is 0 Å². The molecule has 0 radical (unpaired) electrons. The second kappa shape index (κ2) is 6.99. The minimum atomic E-state index is -0.215. The number of hydrogen-bond acceptors (Lipinski definition) is 3. The molecule has 0 aromatic heterocycles. The third kappa shape index (κ3) is 3.79. The summed E-state index contributed by atoms with van der Waals surface area (Å²) < 4.78 is 5.37. The zero-order chi connectivity index (χ0) is 14.7. The number of hydrogen-bond donors (Lipinski definition) is 1. The van der Waals surface area contributed by atoms with Crippen LogP contribution in [0.2, 0.25) is 10.0 Å². The van der Waals surface area contributed by atoms with Gasteiger partial charge in [0.05, 0.1) is 18.2 Å². The Morgan fingerprint density at radius 2 is 2.00 bits per heavy atom. The predicted molar refractivity (Wildman–Crippen MR) is 82.7 cm³/mol. The summed E-state index contributed by atoms with van der Waals surface area (Å²) in [5.74, 6) is 1.12. The maximum atomic E-state index is 9.63. The molecule has 0 bridgehead atoms. The van der Waals surface area contributed by atoms with Gasteiger partial charge < -0.3 is 9.84 Å². The fourth-order valence-corrected chi connectivity index (χ4v) is 3.41. The van der Waals surface area contributed by atoms with Crippen LogP contribution in [0.25, 0.3) is 0 Å². The van der Waals surface area contributed by atoms with Crippen LogP contribution in [0.4, 0.5) is 0 Å². The van der Waals surface area contributed by atoms with Gasteiger partial charge in [-0.1, -0.05) is 23.2 Å². The SMILES string of the molecule is COc1c(Cl)cc(Cl)cc1CN1CCC(C(C)O)CC1. The van der Waals surface area contributed by atoms with Crippen LogP contribution in [0.5, 0.6) is 5.75 Å². The number of piperidine rings is 1. The highest BCUT2D eigenvalue weighted by Gasteiger charge is 2.23. The highest BCUT2D eigenvalue weighted by Crippen LogP contribution is 2.33. The van der Waals surface area contributed by atoms with Crippen LogP contribution in [0.1, 0.15) is 25.3 Å². The van der Waals surface area contributed by atoms with Crippen LogP contribution in [0.15, 0.2) is 12.1 Å². The Kier molecular flexibility index (Phi) is 5.56. The summed E-state index contributed by atoms with van der Waals surface area (Å²) >= 11 is 12.2. The number of ether oxygens (including phenoxy) is 1. The lowest BCUT2D eigenvalue weighted by Gasteiger charge is -2.33. The molecule has 112 valence electrons. The molecule has 1 N–H and O–H groups in total. The molecule has 1 aliphatic heterocycles. The van der Waals surface area contributed by atoms with Gasteiger partial charge in [0.2, 0.25) is 0 Å². The summed E-state index contributed by atoms with van der Waals surface area (Å²) in [6, 6.07) is 3.61. The molecule has 1 aromatic rings. The molecule has 1 saturated heterocycles. The Morgan fingerprint density at radius 1 is 1.35 bits per heavy atom. The Balaban J connectivity index is 2.04. The van der Waals surface area contributed by atoms with Crippen molar-refractivity contribution in [2.45, 2.75) is 32.4 Å². The lowest BCUT2D eigenvalue weighted by atomic mass is 9.92. The van der Waals surface area contributed by atoms with Crippen molar-refractivity contribution in [2.75, 3.05) is 20.2 Å².